The van der Waals surface area contributed by atoms with Crippen molar-refractivity contribution in [3.63, 3.8) is 0 Å². The third kappa shape index (κ3) is 4.92. The maximum absolute atomic E-state index is 11.8. The number of likely N-dealkylation sites (N-methyl/N-ethyl adjacent to an activating group) is 1. The number of carbonyl (C=O) groups is 2. The van der Waals surface area contributed by atoms with Crippen LogP contribution >= 0.6 is 0 Å². The Hall–Kier alpha value is -2.73. The molecule has 1 heterocycles. The lowest BCUT2D eigenvalue weighted by molar-refractivity contribution is -0.145. The summed E-state index contributed by atoms with van der Waals surface area (Å²) in [6.45, 7) is 2.63. The largest absolute Gasteiger partial charge is 0.636 e. The Kier molecular flexibility index (Phi) is 5.86. The molecule has 0 radical (unpaired) electrons. The highest BCUT2D eigenvalue weighted by molar-refractivity contribution is 6.64. The van der Waals surface area contributed by atoms with E-state index in [0.717, 1.165) is 5.56 Å². The van der Waals surface area contributed by atoms with Gasteiger partial charge >= 0.3 is 19.1 Å². The molecule has 0 atom stereocenters. The van der Waals surface area contributed by atoms with Gasteiger partial charge in [0.2, 0.25) is 0 Å². The third-order valence-corrected chi connectivity index (χ3v) is 4.54. The van der Waals surface area contributed by atoms with Gasteiger partial charge in [0.15, 0.2) is 0 Å². The predicted octanol–water partition coefficient (Wildman–Crippen LogP) is -0.441. The van der Waals surface area contributed by atoms with Crippen LogP contribution in [-0.4, -0.2) is 51.9 Å². The quantitative estimate of drug-likeness (QED) is 0.685. The Morgan fingerprint density at radius 3 is 2.33 bits per heavy atom. The minimum Gasteiger partial charge on any atom is -0.494 e. The van der Waals surface area contributed by atoms with Crippen molar-refractivity contribution in [3.8, 4) is 5.75 Å². The molecule has 0 N–H and O–H groups in total. The number of hydrogen-bond donors (Lipinski definition) is 0. The van der Waals surface area contributed by atoms with Gasteiger partial charge in [0.1, 0.15) is 20.2 Å². The molecule has 1 fully saturated rings. The van der Waals surface area contributed by atoms with Gasteiger partial charge in [-0.25, -0.2) is 0 Å². The SMILES string of the molecule is Bc1cccc(COc2ccc(B3OC(=O)CN(C)CC(=O)O3)cc2)c1C. The van der Waals surface area contributed by atoms with E-state index in [1.165, 1.54) is 11.0 Å². The van der Waals surface area contributed by atoms with Gasteiger partial charge in [-0.3, -0.25) is 14.5 Å². The van der Waals surface area contributed by atoms with Crippen molar-refractivity contribution >= 4 is 37.8 Å². The summed E-state index contributed by atoms with van der Waals surface area (Å²) in [5, 5.41) is 0. The molecule has 138 valence electrons. The molecule has 2 aromatic carbocycles. The highest BCUT2D eigenvalue weighted by atomic mass is 16.6. The number of carbonyl (C=O) groups excluding carboxylic acids is 2. The molecule has 0 aliphatic carbocycles. The Labute approximate surface area is 160 Å². The van der Waals surface area contributed by atoms with Crippen molar-refractivity contribution in [3.05, 3.63) is 53.6 Å². The molecule has 0 bridgehead atoms. The van der Waals surface area contributed by atoms with Gasteiger partial charge in [-0.1, -0.05) is 41.4 Å². The smallest absolute Gasteiger partial charge is 0.494 e. The van der Waals surface area contributed by atoms with Crippen LogP contribution in [-0.2, 0) is 25.5 Å². The number of rotatable bonds is 4. The summed E-state index contributed by atoms with van der Waals surface area (Å²) in [5.41, 5.74) is 4.16. The zero-order valence-electron chi connectivity index (χ0n) is 15.7. The average molecular weight is 365 g/mol. The Morgan fingerprint density at radius 1 is 1.07 bits per heavy atom. The van der Waals surface area contributed by atoms with Crippen molar-refractivity contribution in [1.82, 2.24) is 4.90 Å². The van der Waals surface area contributed by atoms with E-state index in [9.17, 15) is 9.59 Å². The van der Waals surface area contributed by atoms with E-state index in [2.05, 4.69) is 20.8 Å². The van der Waals surface area contributed by atoms with E-state index >= 15 is 0 Å². The fourth-order valence-corrected chi connectivity index (χ4v) is 2.82. The van der Waals surface area contributed by atoms with Gasteiger partial charge in [-0.05, 0) is 31.7 Å². The van der Waals surface area contributed by atoms with E-state index in [1.807, 2.05) is 12.1 Å². The Bertz CT molecular complexity index is 820. The second-order valence-corrected chi connectivity index (χ2v) is 6.70. The molecule has 0 amide bonds. The monoisotopic (exact) mass is 365 g/mol. The summed E-state index contributed by atoms with van der Waals surface area (Å²) in [5.74, 6) is -0.196. The fourth-order valence-electron chi connectivity index (χ4n) is 2.82. The highest BCUT2D eigenvalue weighted by Crippen LogP contribution is 2.13. The van der Waals surface area contributed by atoms with E-state index < -0.39 is 19.1 Å². The standard InChI is InChI=1S/C19H21B2NO5/c1-13-14(4-3-5-17(13)20)12-25-16-8-6-15(7-9-16)21-26-18(23)10-22(2)11-19(24)27-21/h3-9H,10-12,20H2,1-2H3. The lowest BCUT2D eigenvalue weighted by Gasteiger charge is -2.22. The maximum atomic E-state index is 11.8. The number of nitrogens with zero attached hydrogens (tertiary/aromatic N) is 1. The minimum absolute atomic E-state index is 0.0443. The van der Waals surface area contributed by atoms with Crippen molar-refractivity contribution < 1.29 is 23.6 Å². The van der Waals surface area contributed by atoms with Crippen LogP contribution in [0.4, 0.5) is 0 Å². The Balaban J connectivity index is 1.66. The van der Waals surface area contributed by atoms with Crippen molar-refractivity contribution in [2.24, 2.45) is 0 Å². The van der Waals surface area contributed by atoms with Gasteiger partial charge in [-0.2, -0.15) is 0 Å². The minimum atomic E-state index is -1.04. The molecule has 8 heteroatoms. The Morgan fingerprint density at radius 2 is 1.70 bits per heavy atom. The molecule has 1 saturated heterocycles. The second-order valence-electron chi connectivity index (χ2n) is 6.70. The number of benzene rings is 2. The molecule has 6 nitrogen and oxygen atoms in total. The molecular weight excluding hydrogens is 344 g/mol. The molecule has 0 saturated carbocycles. The zero-order valence-corrected chi connectivity index (χ0v) is 15.7. The molecule has 1 aliphatic rings. The molecule has 3 rings (SSSR count). The third-order valence-electron chi connectivity index (χ3n) is 4.54. The first-order chi connectivity index (χ1) is 12.9. The molecule has 0 spiro atoms. The average Bonchev–Trinajstić information content (AvgIpc) is 2.61. The first kappa shape index (κ1) is 19.0. The maximum Gasteiger partial charge on any atom is 0.636 e. The lowest BCUT2D eigenvalue weighted by Crippen LogP contribution is -2.47. The van der Waals surface area contributed by atoms with Crippen molar-refractivity contribution in [1.29, 1.82) is 0 Å². The number of ether oxygens (including phenoxy) is 1. The van der Waals surface area contributed by atoms with Crippen LogP contribution < -0.4 is 15.7 Å². The van der Waals surface area contributed by atoms with Crippen molar-refractivity contribution in [2.45, 2.75) is 13.5 Å². The summed E-state index contributed by atoms with van der Waals surface area (Å²) in [4.78, 5) is 25.2. The lowest BCUT2D eigenvalue weighted by atomic mass is 9.78. The molecule has 0 unspecified atom stereocenters. The van der Waals surface area contributed by atoms with Crippen LogP contribution in [0.1, 0.15) is 11.1 Å². The fraction of sp³-hybridized carbons (Fsp3) is 0.263. The van der Waals surface area contributed by atoms with Gasteiger partial charge in [0.05, 0.1) is 13.1 Å². The van der Waals surface area contributed by atoms with Gasteiger partial charge in [0.25, 0.3) is 0 Å². The topological polar surface area (TPSA) is 65.1 Å². The van der Waals surface area contributed by atoms with Gasteiger partial charge < -0.3 is 14.0 Å². The highest BCUT2D eigenvalue weighted by Gasteiger charge is 2.33. The predicted molar refractivity (Wildman–Crippen MR) is 105 cm³/mol. The molecule has 27 heavy (non-hydrogen) atoms. The normalized spacial score (nSPS) is 15.6. The van der Waals surface area contributed by atoms with Crippen LogP contribution in [0.25, 0.3) is 0 Å². The van der Waals surface area contributed by atoms with Crippen LogP contribution in [0, 0.1) is 6.92 Å². The molecule has 2 aromatic rings. The summed E-state index contributed by atoms with van der Waals surface area (Å²) in [6.07, 6.45) is 0. The molecule has 1 aliphatic heterocycles. The first-order valence-electron chi connectivity index (χ1n) is 8.78. The van der Waals surface area contributed by atoms with E-state index in [-0.39, 0.29) is 13.1 Å². The van der Waals surface area contributed by atoms with Crippen LogP contribution in [0.5, 0.6) is 5.75 Å². The zero-order chi connectivity index (χ0) is 19.4. The first-order valence-corrected chi connectivity index (χ1v) is 8.78. The van der Waals surface area contributed by atoms with E-state index in [1.54, 1.807) is 36.2 Å². The van der Waals surface area contributed by atoms with Crippen LogP contribution in [0.15, 0.2) is 42.5 Å². The molecular formula is C19H21B2NO5. The number of hydrogen-bond acceptors (Lipinski definition) is 6. The van der Waals surface area contributed by atoms with Crippen LogP contribution in [0.3, 0.4) is 0 Å². The summed E-state index contributed by atoms with van der Waals surface area (Å²) < 4.78 is 16.4. The van der Waals surface area contributed by atoms with E-state index in [0.29, 0.717) is 17.8 Å². The summed E-state index contributed by atoms with van der Waals surface area (Å²) >= 11 is 0. The summed E-state index contributed by atoms with van der Waals surface area (Å²) in [7, 11) is 2.69. The van der Waals surface area contributed by atoms with Gasteiger partial charge in [-0.15, -0.1) is 0 Å². The van der Waals surface area contributed by atoms with Crippen molar-refractivity contribution in [2.75, 3.05) is 20.1 Å². The van der Waals surface area contributed by atoms with Gasteiger partial charge in [0, 0.05) is 5.46 Å². The molecule has 0 aromatic heterocycles. The van der Waals surface area contributed by atoms with Crippen LogP contribution in [0.2, 0.25) is 0 Å². The summed E-state index contributed by atoms with van der Waals surface area (Å²) in [6, 6.07) is 13.1. The second kappa shape index (κ2) is 8.31. The van der Waals surface area contributed by atoms with E-state index in [4.69, 9.17) is 14.0 Å².